The van der Waals surface area contributed by atoms with Crippen LogP contribution in [0.25, 0.3) is 0 Å². The molecule has 13 N–H and O–H groups in total. The number of rotatable bonds is 9. The molecule has 0 fully saturated rings. The van der Waals surface area contributed by atoms with Gasteiger partial charge in [-0.2, -0.15) is 0 Å². The molecular formula is C4H16NNaO21P6. The third-order valence-electron chi connectivity index (χ3n) is 2.61. The summed E-state index contributed by atoms with van der Waals surface area (Å²) in [4.78, 5) is 116. The second-order valence-corrected chi connectivity index (χ2v) is 16.5. The molecule has 0 saturated carbocycles. The average Bonchev–Trinajstić information content (AvgIpc) is 2.24. The largest absolute Gasteiger partial charge is 1.00 e. The molecule has 194 valence electrons. The minimum Gasteiger partial charge on any atom is -0.565 e. The van der Waals surface area contributed by atoms with E-state index in [1.54, 1.807) is 0 Å². The number of carbonyl (C=O) groups is 1. The molecule has 0 atom stereocenters. The van der Waals surface area contributed by atoms with Gasteiger partial charge in [0.2, 0.25) is 22.7 Å². The summed E-state index contributed by atoms with van der Waals surface area (Å²) in [5, 5.41) is 15.3. The smallest absolute Gasteiger partial charge is 0.565 e. The van der Waals surface area contributed by atoms with Gasteiger partial charge >= 0.3 is 75.1 Å². The first-order valence-corrected chi connectivity index (χ1v) is 16.5. The normalized spacial score (nSPS) is 14.2. The molecule has 29 heteroatoms. The fourth-order valence-electron chi connectivity index (χ4n) is 1.99. The van der Waals surface area contributed by atoms with E-state index in [0.29, 0.717) is 0 Å². The van der Waals surface area contributed by atoms with Crippen LogP contribution in [0.4, 0.5) is 4.79 Å². The van der Waals surface area contributed by atoms with Crippen LogP contribution in [0.3, 0.4) is 0 Å². The van der Waals surface area contributed by atoms with Crippen LogP contribution in [0.1, 0.15) is 0 Å². The molecule has 0 rings (SSSR count). The number of hydrogen-bond donors (Lipinski definition) is 13. The Kier molecular flexibility index (Phi) is 14.7. The van der Waals surface area contributed by atoms with Gasteiger partial charge in [0.25, 0.3) is 0 Å². The van der Waals surface area contributed by atoms with Gasteiger partial charge in [-0.25, -0.2) is 4.90 Å². The van der Waals surface area contributed by atoms with Crippen molar-refractivity contribution in [1.29, 1.82) is 0 Å². The molecular weight excluding hydrogens is 607 g/mol. The molecule has 0 amide bonds. The van der Waals surface area contributed by atoms with E-state index in [4.69, 9.17) is 73.7 Å². The van der Waals surface area contributed by atoms with Crippen molar-refractivity contribution in [3.05, 3.63) is 0 Å². The van der Waals surface area contributed by atoms with Crippen LogP contribution in [0.2, 0.25) is 0 Å². The summed E-state index contributed by atoms with van der Waals surface area (Å²) < 4.78 is 68.9. The Morgan fingerprint density at radius 1 is 0.515 bits per heavy atom. The second kappa shape index (κ2) is 12.6. The van der Waals surface area contributed by atoms with Crippen LogP contribution in [0.15, 0.2) is 0 Å². The molecule has 0 aromatic heterocycles. The maximum atomic E-state index is 11.5. The van der Waals surface area contributed by atoms with E-state index >= 15 is 0 Å². The van der Waals surface area contributed by atoms with Crippen molar-refractivity contribution in [3.63, 3.8) is 0 Å². The van der Waals surface area contributed by atoms with E-state index in [2.05, 4.69) is 0 Å². The summed E-state index contributed by atoms with van der Waals surface area (Å²) in [6.07, 6.45) is -2.08. The molecule has 0 aliphatic rings. The third-order valence-corrected chi connectivity index (χ3v) is 13.2. The van der Waals surface area contributed by atoms with E-state index in [0.717, 1.165) is 0 Å². The van der Waals surface area contributed by atoms with Crippen LogP contribution in [0, 0.1) is 0 Å². The molecule has 0 spiro atoms. The first-order chi connectivity index (χ1) is 13.5. The zero-order chi connectivity index (χ0) is 26.9. The molecule has 0 saturated heterocycles. The second-order valence-electron chi connectivity index (χ2n) is 5.29. The van der Waals surface area contributed by atoms with Gasteiger partial charge in [0.05, 0.1) is 0 Å². The molecule has 0 bridgehead atoms. The van der Waals surface area contributed by atoms with Gasteiger partial charge in [0.15, 0.2) is 0 Å². The van der Waals surface area contributed by atoms with Gasteiger partial charge < -0.3 is 73.7 Å². The minimum absolute atomic E-state index is 0. The Bertz CT molecular complexity index is 771. The molecule has 0 aromatic carbocycles. The van der Waals surface area contributed by atoms with E-state index < -0.39 is 73.2 Å². The van der Waals surface area contributed by atoms with Crippen molar-refractivity contribution >= 4 is 51.7 Å². The van der Waals surface area contributed by atoms with Gasteiger partial charge in [-0.3, -0.25) is 27.4 Å². The van der Waals surface area contributed by atoms with E-state index in [9.17, 15) is 27.4 Å². The maximum Gasteiger partial charge on any atom is 1.00 e. The van der Waals surface area contributed by atoms with Gasteiger partial charge in [-0.15, -0.1) is 0 Å². The van der Waals surface area contributed by atoms with Crippen molar-refractivity contribution in [2.45, 2.75) is 16.6 Å². The van der Waals surface area contributed by atoms with Gasteiger partial charge in [0.1, 0.15) is 0 Å². The van der Waals surface area contributed by atoms with Crippen molar-refractivity contribution < 1.29 is 131 Å². The number of nitrogens with zero attached hydrogens (tertiary/aromatic N) is 1. The monoisotopic (exact) mass is 623 g/mol. The summed E-state index contributed by atoms with van der Waals surface area (Å²) >= 11 is 0. The Hall–Kier alpha value is 1.13. The van der Waals surface area contributed by atoms with Crippen molar-refractivity contribution in [3.8, 4) is 0 Å². The molecule has 0 aliphatic carbocycles. The van der Waals surface area contributed by atoms with Gasteiger partial charge in [0, 0.05) is 0 Å². The summed E-state index contributed by atoms with van der Waals surface area (Å²) in [7, 11) is -39.3. The fraction of sp³-hybridized carbons (Fsp3) is 0.750. The standard InChI is InChI=1S/C3H15NO18P6.CH2O3.Na/c5-23(6,7)1(24(8,9)10)4(2(25(11,12)13)26(14,15)16)3(27(17,18)19)28(20,21)22;2-1(3)4;/h1-3H,(H2,5,6,7)(H2,8,9,10)(H2,11,12,13)(H2,14,15,16)(H2,17,18,19)(H2,20,21,22);(H2,2,3,4);/q;;+1/p-1. The van der Waals surface area contributed by atoms with Crippen LogP contribution in [-0.2, 0) is 27.4 Å². The summed E-state index contributed by atoms with van der Waals surface area (Å²) in [6, 6.07) is 0. The molecule has 0 aliphatic heterocycles. The number of hydrogen-bond acceptors (Lipinski definition) is 9. The van der Waals surface area contributed by atoms with Crippen molar-refractivity contribution in [1.82, 2.24) is 4.90 Å². The third kappa shape index (κ3) is 13.3. The van der Waals surface area contributed by atoms with E-state index in [-0.39, 0.29) is 29.6 Å². The minimum atomic E-state index is -6.55. The molecule has 0 aromatic rings. The van der Waals surface area contributed by atoms with Crippen LogP contribution >= 0.6 is 45.6 Å². The predicted molar refractivity (Wildman–Crippen MR) is 93.5 cm³/mol. The Balaban J connectivity index is -0.00000165. The van der Waals surface area contributed by atoms with E-state index in [1.165, 1.54) is 0 Å². The summed E-state index contributed by atoms with van der Waals surface area (Å²) in [5.41, 5.74) is -12.5. The topological polar surface area (TPSA) is 409 Å². The first-order valence-electron chi connectivity index (χ1n) is 6.45. The van der Waals surface area contributed by atoms with Gasteiger partial charge in [-0.1, -0.05) is 0 Å². The molecule has 0 unspecified atom stereocenters. The Morgan fingerprint density at radius 2 is 0.606 bits per heavy atom. The maximum absolute atomic E-state index is 11.5. The van der Waals surface area contributed by atoms with Crippen molar-refractivity contribution in [2.75, 3.05) is 0 Å². The zero-order valence-electron chi connectivity index (χ0n) is 15.4. The predicted octanol–water partition coefficient (Wildman–Crippen LogP) is -6.90. The van der Waals surface area contributed by atoms with Crippen molar-refractivity contribution in [2.24, 2.45) is 0 Å². The van der Waals surface area contributed by atoms with E-state index in [1.807, 2.05) is 0 Å². The molecule has 33 heavy (non-hydrogen) atoms. The Morgan fingerprint density at radius 3 is 0.667 bits per heavy atom. The van der Waals surface area contributed by atoms with Gasteiger partial charge in [-0.05, 0) is 0 Å². The molecule has 22 nitrogen and oxygen atoms in total. The average molecular weight is 623 g/mol. The zero-order valence-corrected chi connectivity index (χ0v) is 22.8. The van der Waals surface area contributed by atoms with Crippen LogP contribution < -0.4 is 34.7 Å². The number of carboxylic acid groups (broad SMARTS) is 2. The quantitative estimate of drug-likeness (QED) is 0.0838. The fourth-order valence-corrected chi connectivity index (χ4v) is 11.6. The first kappa shape index (κ1) is 38.7. The SMILES string of the molecule is O=C([O-])O.O=P(O)(O)C(N(C(P(=O)(O)O)P(=O)(O)O)C(P(=O)(O)O)P(=O)(O)O)P(=O)(O)O.[Na+]. The molecule has 0 heterocycles. The summed E-state index contributed by atoms with van der Waals surface area (Å²) in [5.74, 6) is 0. The summed E-state index contributed by atoms with van der Waals surface area (Å²) in [6.45, 7) is 0. The van der Waals surface area contributed by atoms with Crippen LogP contribution in [-0.4, -0.2) is 91.5 Å². The molecule has 0 radical (unpaired) electrons. The Labute approximate surface area is 203 Å². The van der Waals surface area contributed by atoms with Crippen LogP contribution in [0.5, 0.6) is 0 Å².